The lowest BCUT2D eigenvalue weighted by Crippen LogP contribution is -2.14. The van der Waals surface area contributed by atoms with Crippen LogP contribution in [-0.4, -0.2) is 28.4 Å². The Labute approximate surface area is 137 Å². The highest BCUT2D eigenvalue weighted by Crippen LogP contribution is 2.32. The zero-order valence-electron chi connectivity index (χ0n) is 14.0. The summed E-state index contributed by atoms with van der Waals surface area (Å²) in [7, 11) is 6.56. The van der Waals surface area contributed by atoms with Gasteiger partial charge in [-0.25, -0.2) is 0 Å². The Kier molecular flexibility index (Phi) is 6.11. The molecule has 0 aromatic heterocycles. The Morgan fingerprint density at radius 1 is 0.652 bits per heavy atom. The first-order chi connectivity index (χ1) is 11.2. The van der Waals surface area contributed by atoms with Crippen LogP contribution in [0.3, 0.4) is 0 Å². The molecule has 2 rings (SSSR count). The Morgan fingerprint density at radius 2 is 1.09 bits per heavy atom. The summed E-state index contributed by atoms with van der Waals surface area (Å²) in [5.41, 5.74) is 2.07. The van der Waals surface area contributed by atoms with E-state index in [-0.39, 0.29) is 0 Å². The largest absolute Gasteiger partial charge is 0.493 e. The third kappa shape index (κ3) is 3.87. The van der Waals surface area contributed by atoms with Crippen molar-refractivity contribution in [1.29, 1.82) is 0 Å². The molecule has 0 atom stereocenters. The number of hydrogen-bond acceptors (Lipinski definition) is 5. The molecule has 0 aliphatic carbocycles. The normalized spacial score (nSPS) is 10.3. The van der Waals surface area contributed by atoms with E-state index in [4.69, 9.17) is 18.9 Å². The Bertz CT molecular complexity index is 587. The second kappa shape index (κ2) is 8.29. The van der Waals surface area contributed by atoms with Crippen LogP contribution < -0.4 is 24.3 Å². The van der Waals surface area contributed by atoms with Crippen molar-refractivity contribution in [3.8, 4) is 23.0 Å². The molecule has 0 amide bonds. The molecular weight excluding hydrogens is 294 g/mol. The number of hydrogen-bond donors (Lipinski definition) is 1. The van der Waals surface area contributed by atoms with Crippen LogP contribution in [0.1, 0.15) is 11.1 Å². The van der Waals surface area contributed by atoms with E-state index in [2.05, 4.69) is 5.32 Å². The Balaban J connectivity index is 2.09. The van der Waals surface area contributed by atoms with Crippen LogP contribution in [0, 0.1) is 0 Å². The van der Waals surface area contributed by atoms with Gasteiger partial charge in [-0.3, -0.25) is 0 Å². The third-order valence-corrected chi connectivity index (χ3v) is 3.60. The average molecular weight is 317 g/mol. The number of benzene rings is 2. The molecular formula is C18H23NO4. The number of methoxy groups -OCH3 is 4. The zero-order chi connectivity index (χ0) is 16.7. The minimum absolute atomic E-state index is 0.654. The van der Waals surface area contributed by atoms with E-state index in [1.807, 2.05) is 36.4 Å². The predicted octanol–water partition coefficient (Wildman–Crippen LogP) is 3.01. The lowest BCUT2D eigenvalue weighted by molar-refractivity contribution is 0.348. The molecule has 0 aliphatic rings. The fourth-order valence-electron chi connectivity index (χ4n) is 2.52. The summed E-state index contributed by atoms with van der Waals surface area (Å²) in [4.78, 5) is 0. The molecule has 0 radical (unpaired) electrons. The van der Waals surface area contributed by atoms with Gasteiger partial charge in [-0.2, -0.15) is 0 Å². The van der Waals surface area contributed by atoms with Crippen molar-refractivity contribution in [1.82, 2.24) is 5.32 Å². The lowest BCUT2D eigenvalue weighted by atomic mass is 10.1. The van der Waals surface area contributed by atoms with E-state index in [0.717, 1.165) is 34.1 Å². The first kappa shape index (κ1) is 17.0. The molecule has 5 heteroatoms. The monoisotopic (exact) mass is 317 g/mol. The van der Waals surface area contributed by atoms with E-state index >= 15 is 0 Å². The Hall–Kier alpha value is -2.40. The highest BCUT2D eigenvalue weighted by molar-refractivity contribution is 5.47. The SMILES string of the molecule is COc1cccc(CNCc2cccc(OC)c2OC)c1OC. The molecule has 2 aromatic rings. The van der Waals surface area contributed by atoms with Crippen LogP contribution in [-0.2, 0) is 13.1 Å². The van der Waals surface area contributed by atoms with Crippen molar-refractivity contribution in [2.45, 2.75) is 13.1 Å². The summed E-state index contributed by atoms with van der Waals surface area (Å²) in [6.07, 6.45) is 0. The first-order valence-electron chi connectivity index (χ1n) is 7.35. The van der Waals surface area contributed by atoms with Gasteiger partial charge in [-0.05, 0) is 12.1 Å². The summed E-state index contributed by atoms with van der Waals surface area (Å²) >= 11 is 0. The first-order valence-corrected chi connectivity index (χ1v) is 7.35. The zero-order valence-corrected chi connectivity index (χ0v) is 14.0. The standard InChI is InChI=1S/C18H23NO4/c1-20-15-9-5-7-13(17(15)22-3)11-19-12-14-8-6-10-16(21-2)18(14)23-4/h5-10,19H,11-12H2,1-4H3. The molecule has 2 aromatic carbocycles. The number of ether oxygens (including phenoxy) is 4. The summed E-state index contributed by atoms with van der Waals surface area (Å²) in [6, 6.07) is 11.7. The van der Waals surface area contributed by atoms with E-state index in [0.29, 0.717) is 13.1 Å². The van der Waals surface area contributed by atoms with Crippen LogP contribution in [0.5, 0.6) is 23.0 Å². The van der Waals surface area contributed by atoms with Crippen molar-refractivity contribution in [2.24, 2.45) is 0 Å². The van der Waals surface area contributed by atoms with E-state index in [1.165, 1.54) is 0 Å². The van der Waals surface area contributed by atoms with Gasteiger partial charge >= 0.3 is 0 Å². The minimum Gasteiger partial charge on any atom is -0.493 e. The van der Waals surface area contributed by atoms with Crippen LogP contribution in [0.4, 0.5) is 0 Å². The summed E-state index contributed by atoms with van der Waals surface area (Å²) < 4.78 is 21.5. The average Bonchev–Trinajstić information content (AvgIpc) is 2.60. The molecule has 0 bridgehead atoms. The number of rotatable bonds is 8. The van der Waals surface area contributed by atoms with Gasteiger partial charge in [-0.15, -0.1) is 0 Å². The summed E-state index contributed by atoms with van der Waals surface area (Å²) in [5, 5.41) is 3.40. The van der Waals surface area contributed by atoms with Crippen LogP contribution in [0.25, 0.3) is 0 Å². The molecule has 0 heterocycles. The van der Waals surface area contributed by atoms with Gasteiger partial charge in [0, 0.05) is 24.2 Å². The maximum Gasteiger partial charge on any atom is 0.165 e. The smallest absolute Gasteiger partial charge is 0.165 e. The highest BCUT2D eigenvalue weighted by Gasteiger charge is 2.11. The van der Waals surface area contributed by atoms with Gasteiger partial charge in [0.15, 0.2) is 23.0 Å². The number of nitrogens with one attached hydrogen (secondary N) is 1. The maximum atomic E-state index is 5.44. The summed E-state index contributed by atoms with van der Waals surface area (Å²) in [5.74, 6) is 2.96. The lowest BCUT2D eigenvalue weighted by Gasteiger charge is -2.15. The van der Waals surface area contributed by atoms with Crippen molar-refractivity contribution >= 4 is 0 Å². The molecule has 0 saturated heterocycles. The van der Waals surface area contributed by atoms with Gasteiger partial charge in [-0.1, -0.05) is 24.3 Å². The van der Waals surface area contributed by atoms with Gasteiger partial charge in [0.25, 0.3) is 0 Å². The molecule has 23 heavy (non-hydrogen) atoms. The second-order valence-electron chi connectivity index (χ2n) is 4.91. The van der Waals surface area contributed by atoms with Gasteiger partial charge < -0.3 is 24.3 Å². The fourth-order valence-corrected chi connectivity index (χ4v) is 2.52. The van der Waals surface area contributed by atoms with Crippen LogP contribution in [0.2, 0.25) is 0 Å². The van der Waals surface area contributed by atoms with E-state index < -0.39 is 0 Å². The molecule has 5 nitrogen and oxygen atoms in total. The molecule has 0 aliphatic heterocycles. The molecule has 0 spiro atoms. The van der Waals surface area contributed by atoms with E-state index in [9.17, 15) is 0 Å². The van der Waals surface area contributed by atoms with Crippen molar-refractivity contribution in [3.63, 3.8) is 0 Å². The Morgan fingerprint density at radius 3 is 1.43 bits per heavy atom. The molecule has 124 valence electrons. The highest BCUT2D eigenvalue weighted by atomic mass is 16.5. The maximum absolute atomic E-state index is 5.44. The van der Waals surface area contributed by atoms with Gasteiger partial charge in [0.1, 0.15) is 0 Å². The fraction of sp³-hybridized carbons (Fsp3) is 0.333. The topological polar surface area (TPSA) is 49.0 Å². The van der Waals surface area contributed by atoms with Crippen molar-refractivity contribution in [2.75, 3.05) is 28.4 Å². The van der Waals surface area contributed by atoms with Crippen molar-refractivity contribution in [3.05, 3.63) is 47.5 Å². The number of para-hydroxylation sites is 2. The van der Waals surface area contributed by atoms with Gasteiger partial charge in [0.05, 0.1) is 28.4 Å². The molecule has 1 N–H and O–H groups in total. The minimum atomic E-state index is 0.654. The second-order valence-corrected chi connectivity index (χ2v) is 4.91. The van der Waals surface area contributed by atoms with Crippen LogP contribution in [0.15, 0.2) is 36.4 Å². The van der Waals surface area contributed by atoms with Crippen LogP contribution >= 0.6 is 0 Å². The summed E-state index contributed by atoms with van der Waals surface area (Å²) in [6.45, 7) is 1.31. The quantitative estimate of drug-likeness (QED) is 0.811. The molecule has 0 saturated carbocycles. The predicted molar refractivity (Wildman–Crippen MR) is 89.6 cm³/mol. The van der Waals surface area contributed by atoms with Gasteiger partial charge in [0.2, 0.25) is 0 Å². The molecule has 0 unspecified atom stereocenters. The van der Waals surface area contributed by atoms with Crippen molar-refractivity contribution < 1.29 is 18.9 Å². The van der Waals surface area contributed by atoms with E-state index in [1.54, 1.807) is 28.4 Å². The third-order valence-electron chi connectivity index (χ3n) is 3.60. The molecule has 0 fully saturated rings.